The summed E-state index contributed by atoms with van der Waals surface area (Å²) in [6.45, 7) is 11.0. The maximum absolute atomic E-state index is 3.39. The van der Waals surface area contributed by atoms with Crippen molar-refractivity contribution < 1.29 is 12.4 Å². The summed E-state index contributed by atoms with van der Waals surface area (Å²) >= 11 is 0. The second kappa shape index (κ2) is 7.85. The molecular weight excluding hydrogens is 187 g/mol. The maximum atomic E-state index is 3.39. The average Bonchev–Trinajstić information content (AvgIpc) is 1.59. The Bertz CT molecular complexity index is 105. The summed E-state index contributed by atoms with van der Waals surface area (Å²) in [5, 5.41) is 0. The van der Waals surface area contributed by atoms with Crippen LogP contribution in [0.1, 0.15) is 34.6 Å². The van der Waals surface area contributed by atoms with Crippen molar-refractivity contribution in [2.24, 2.45) is 5.41 Å². The first kappa shape index (κ1) is 18.1. The zero-order chi connectivity index (χ0) is 7.49. The molecular formula is C8H16ClMgP. The molecule has 0 amide bonds. The maximum Gasteiger partial charge on any atom is 2.00 e. The van der Waals surface area contributed by atoms with Gasteiger partial charge in [-0.1, -0.05) is 34.6 Å². The van der Waals surface area contributed by atoms with E-state index in [4.69, 9.17) is 0 Å². The fraction of sp³-hybridized carbons (Fsp3) is 0.875. The van der Waals surface area contributed by atoms with Crippen LogP contribution in [0.15, 0.2) is 0 Å². The molecule has 0 aromatic carbocycles. The predicted octanol–water partition coefficient (Wildman–Crippen LogP) is -0.310. The first-order valence-electron chi connectivity index (χ1n) is 3.39. The van der Waals surface area contributed by atoms with Crippen molar-refractivity contribution in [1.29, 1.82) is 0 Å². The van der Waals surface area contributed by atoms with E-state index in [0.29, 0.717) is 0 Å². The minimum absolute atomic E-state index is 0. The van der Waals surface area contributed by atoms with E-state index in [1.165, 1.54) is 8.20 Å². The number of hydrogen-bond donors (Lipinski definition) is 0. The Kier molecular flexibility index (Phi) is 12.9. The third-order valence-corrected chi connectivity index (χ3v) is 1.97. The summed E-state index contributed by atoms with van der Waals surface area (Å²) in [5.41, 5.74) is 0.996. The largest absolute Gasteiger partial charge is 2.00 e. The van der Waals surface area contributed by atoms with Gasteiger partial charge in [0, 0.05) is 0 Å². The minimum atomic E-state index is 0. The Morgan fingerprint density at radius 2 is 1.55 bits per heavy atom. The molecule has 0 heterocycles. The Morgan fingerprint density at radius 1 is 1.18 bits per heavy atom. The number of rotatable bonds is 1. The molecule has 0 saturated heterocycles. The van der Waals surface area contributed by atoms with Gasteiger partial charge < -0.3 is 26.4 Å². The van der Waals surface area contributed by atoms with E-state index in [-0.39, 0.29) is 40.9 Å². The first-order chi connectivity index (χ1) is 3.92. The molecule has 0 saturated carbocycles. The molecule has 0 N–H and O–H groups in total. The van der Waals surface area contributed by atoms with E-state index in [2.05, 4.69) is 40.4 Å². The molecule has 62 valence electrons. The molecule has 0 rings (SSSR count). The van der Waals surface area contributed by atoms with Crippen LogP contribution in [0.2, 0.25) is 0 Å². The fourth-order valence-electron chi connectivity index (χ4n) is 0.323. The quantitative estimate of drug-likeness (QED) is 0.311. The smallest absolute Gasteiger partial charge is 1.00 e. The minimum Gasteiger partial charge on any atom is -1.00 e. The normalized spacial score (nSPS) is 11.1. The summed E-state index contributed by atoms with van der Waals surface area (Å²) < 4.78 is 0. The summed E-state index contributed by atoms with van der Waals surface area (Å²) in [6.07, 6.45) is 0. The van der Waals surface area contributed by atoms with Gasteiger partial charge in [-0.05, 0) is 5.66 Å². The third-order valence-electron chi connectivity index (χ3n) is 0.658. The van der Waals surface area contributed by atoms with Crippen molar-refractivity contribution in [3.63, 3.8) is 0 Å². The van der Waals surface area contributed by atoms with E-state index < -0.39 is 0 Å². The molecule has 0 bridgehead atoms. The van der Waals surface area contributed by atoms with Gasteiger partial charge in [-0.3, -0.25) is 0 Å². The third kappa shape index (κ3) is 18.3. The van der Waals surface area contributed by atoms with Crippen LogP contribution >= 0.6 is 8.20 Å². The molecule has 0 aromatic heterocycles. The van der Waals surface area contributed by atoms with Crippen molar-refractivity contribution in [3.8, 4) is 0 Å². The molecule has 3 heteroatoms. The molecule has 0 atom stereocenters. The summed E-state index contributed by atoms with van der Waals surface area (Å²) in [7, 11) is 1.34. The van der Waals surface area contributed by atoms with Crippen LogP contribution in [0.3, 0.4) is 0 Å². The summed E-state index contributed by atoms with van der Waals surface area (Å²) in [6, 6.07) is 0. The molecule has 11 heavy (non-hydrogen) atoms. The average molecular weight is 203 g/mol. The van der Waals surface area contributed by atoms with Gasteiger partial charge in [0.1, 0.15) is 0 Å². The molecule has 0 aliphatic rings. The summed E-state index contributed by atoms with van der Waals surface area (Å²) in [5.74, 6) is 3.39. The predicted molar refractivity (Wildman–Crippen MR) is 52.3 cm³/mol. The van der Waals surface area contributed by atoms with Crippen LogP contribution in [-0.4, -0.2) is 34.5 Å². The Labute approximate surface area is 94.9 Å². The van der Waals surface area contributed by atoms with Crippen LogP contribution in [0.25, 0.3) is 0 Å². The Balaban J connectivity index is -0.000000320. The number of halogens is 1. The molecule has 0 aliphatic heterocycles. The van der Waals surface area contributed by atoms with Crippen molar-refractivity contribution in [1.82, 2.24) is 0 Å². The standard InChI is InChI=1S/C8H16P.ClH.Mg/c1-7(2)9-6-8(3,4)5;;/h7H,1-5H3;1H;/q-1;;+2/p-1. The fourth-order valence-corrected chi connectivity index (χ4v) is 0.968. The molecule has 0 spiro atoms. The van der Waals surface area contributed by atoms with Gasteiger partial charge in [0.15, 0.2) is 0 Å². The van der Waals surface area contributed by atoms with Crippen molar-refractivity contribution in [2.75, 3.05) is 0 Å². The van der Waals surface area contributed by atoms with Gasteiger partial charge in [0.2, 0.25) is 0 Å². The van der Waals surface area contributed by atoms with Gasteiger partial charge in [-0.25, -0.2) is 0 Å². The van der Waals surface area contributed by atoms with Crippen molar-refractivity contribution in [2.45, 2.75) is 40.3 Å². The molecule has 0 aromatic rings. The van der Waals surface area contributed by atoms with Gasteiger partial charge in [-0.2, -0.15) is 5.41 Å². The van der Waals surface area contributed by atoms with E-state index in [0.717, 1.165) is 5.66 Å². The number of hydrogen-bond acceptors (Lipinski definition) is 0. The molecule has 0 nitrogen and oxygen atoms in total. The SMILES string of the molecule is CC(C)P=[C-]C(C)(C)C.[Cl-].[Mg+2]. The molecule has 0 fully saturated rings. The van der Waals surface area contributed by atoms with Crippen LogP contribution in [0.4, 0.5) is 0 Å². The van der Waals surface area contributed by atoms with Gasteiger partial charge >= 0.3 is 23.1 Å². The topological polar surface area (TPSA) is 0 Å². The Morgan fingerprint density at radius 3 is 1.64 bits per heavy atom. The van der Waals surface area contributed by atoms with Crippen LogP contribution in [0.5, 0.6) is 0 Å². The van der Waals surface area contributed by atoms with Crippen LogP contribution in [0, 0.1) is 5.41 Å². The van der Waals surface area contributed by atoms with E-state index in [9.17, 15) is 0 Å². The monoisotopic (exact) mass is 202 g/mol. The van der Waals surface area contributed by atoms with E-state index in [1.807, 2.05) is 0 Å². The van der Waals surface area contributed by atoms with Gasteiger partial charge in [0.05, 0.1) is 0 Å². The second-order valence-electron chi connectivity index (χ2n) is 3.58. The van der Waals surface area contributed by atoms with Crippen LogP contribution in [-0.2, 0) is 0 Å². The first-order valence-corrected chi connectivity index (χ1v) is 4.35. The molecule has 0 radical (unpaired) electrons. The van der Waals surface area contributed by atoms with Crippen LogP contribution < -0.4 is 12.4 Å². The van der Waals surface area contributed by atoms with Gasteiger partial charge in [-0.15, -0.1) is 0 Å². The van der Waals surface area contributed by atoms with Crippen molar-refractivity contribution >= 4 is 37.1 Å². The van der Waals surface area contributed by atoms with Gasteiger partial charge in [0.25, 0.3) is 0 Å². The second-order valence-corrected chi connectivity index (χ2v) is 5.10. The zero-order valence-electron chi connectivity index (χ0n) is 8.11. The van der Waals surface area contributed by atoms with Crippen molar-refractivity contribution in [3.05, 3.63) is 0 Å². The molecule has 0 aliphatic carbocycles. The Hall–Kier alpha value is 1.23. The molecule has 0 unspecified atom stereocenters. The summed E-state index contributed by atoms with van der Waals surface area (Å²) in [4.78, 5) is 0. The van der Waals surface area contributed by atoms with E-state index in [1.54, 1.807) is 0 Å². The zero-order valence-corrected chi connectivity index (χ0v) is 11.2. The van der Waals surface area contributed by atoms with E-state index >= 15 is 0 Å².